The molecule has 0 atom stereocenters. The molecule has 116 valence electrons. The molecule has 0 radical (unpaired) electrons. The van der Waals surface area contributed by atoms with Gasteiger partial charge in [-0.3, -0.25) is 0 Å². The molecule has 1 aromatic rings. The lowest BCUT2D eigenvalue weighted by atomic mass is 9.90. The number of carbonyl (C=O) groups is 1. The summed E-state index contributed by atoms with van der Waals surface area (Å²) in [7, 11) is 1.69. The molecule has 0 spiro atoms. The van der Waals surface area contributed by atoms with Gasteiger partial charge in [-0.15, -0.1) is 5.06 Å². The fraction of sp³-hybridized carbons (Fsp3) is 0.588. The zero-order valence-corrected chi connectivity index (χ0v) is 13.4. The number of methoxy groups -OCH3 is 1. The van der Waals surface area contributed by atoms with E-state index >= 15 is 0 Å². The average molecular weight is 291 g/mol. The third-order valence-corrected chi connectivity index (χ3v) is 3.84. The van der Waals surface area contributed by atoms with Crippen molar-refractivity contribution >= 4 is 5.97 Å². The van der Waals surface area contributed by atoms with E-state index in [0.717, 1.165) is 31.7 Å². The fourth-order valence-corrected chi connectivity index (χ4v) is 2.43. The summed E-state index contributed by atoms with van der Waals surface area (Å²) in [5.41, 5.74) is 0.847. The summed E-state index contributed by atoms with van der Waals surface area (Å²) < 4.78 is 5.28. The highest BCUT2D eigenvalue weighted by molar-refractivity contribution is 5.75. The van der Waals surface area contributed by atoms with Gasteiger partial charge in [-0.2, -0.15) is 0 Å². The maximum Gasteiger partial charge on any atom is 0.330 e. The van der Waals surface area contributed by atoms with E-state index in [4.69, 9.17) is 9.57 Å². The molecule has 0 saturated carbocycles. The van der Waals surface area contributed by atoms with Gasteiger partial charge in [0.15, 0.2) is 0 Å². The van der Waals surface area contributed by atoms with Crippen LogP contribution in [0, 0.1) is 5.41 Å². The van der Waals surface area contributed by atoms with Crippen molar-refractivity contribution in [3.8, 4) is 5.75 Å². The van der Waals surface area contributed by atoms with Crippen LogP contribution in [-0.2, 0) is 9.63 Å². The molecule has 1 heterocycles. The summed E-state index contributed by atoms with van der Waals surface area (Å²) in [6, 6.07) is 8.23. The number of hydrogen-bond acceptors (Lipinski definition) is 4. The highest BCUT2D eigenvalue weighted by Gasteiger charge is 2.28. The number of benzene rings is 1. The van der Waals surface area contributed by atoms with Crippen molar-refractivity contribution in [1.82, 2.24) is 5.06 Å². The molecule has 0 N–H and O–H groups in total. The van der Waals surface area contributed by atoms with E-state index in [1.165, 1.54) is 5.56 Å². The molecule has 1 aromatic carbocycles. The summed E-state index contributed by atoms with van der Waals surface area (Å²) in [6.45, 7) is 7.18. The van der Waals surface area contributed by atoms with E-state index in [9.17, 15) is 4.79 Å². The third-order valence-electron chi connectivity index (χ3n) is 3.84. The Balaban J connectivity index is 1.89. The number of nitrogens with zero attached hydrogens (tertiary/aromatic N) is 1. The molecule has 0 amide bonds. The molecule has 0 aliphatic carbocycles. The molecule has 2 rings (SSSR count). The van der Waals surface area contributed by atoms with Crippen molar-refractivity contribution in [1.29, 1.82) is 0 Å². The van der Waals surface area contributed by atoms with Gasteiger partial charge in [0.2, 0.25) is 0 Å². The van der Waals surface area contributed by atoms with Gasteiger partial charge in [0.25, 0.3) is 0 Å². The first-order chi connectivity index (χ1) is 9.90. The Kier molecular flexibility index (Phi) is 4.88. The molecule has 4 nitrogen and oxygen atoms in total. The van der Waals surface area contributed by atoms with Crippen LogP contribution >= 0.6 is 0 Å². The first-order valence-corrected chi connectivity index (χ1v) is 7.51. The molecule has 4 heteroatoms. The molecule has 0 aromatic heterocycles. The topological polar surface area (TPSA) is 38.8 Å². The van der Waals surface area contributed by atoms with Crippen LogP contribution in [0.5, 0.6) is 5.75 Å². The third kappa shape index (κ3) is 4.21. The Morgan fingerprint density at radius 3 is 2.48 bits per heavy atom. The minimum absolute atomic E-state index is 0.165. The lowest BCUT2D eigenvalue weighted by Crippen LogP contribution is -2.38. The van der Waals surface area contributed by atoms with Crippen molar-refractivity contribution < 1.29 is 14.4 Å². The van der Waals surface area contributed by atoms with Crippen LogP contribution < -0.4 is 4.74 Å². The molecule has 1 aliphatic rings. The summed E-state index contributed by atoms with van der Waals surface area (Å²) in [6.07, 6.45) is 1.98. The molecule has 1 aliphatic heterocycles. The number of hydroxylamine groups is 2. The summed E-state index contributed by atoms with van der Waals surface area (Å²) in [5, 5.41) is 1.80. The van der Waals surface area contributed by atoms with Crippen LogP contribution in [0.4, 0.5) is 0 Å². The maximum absolute atomic E-state index is 11.9. The number of piperidine rings is 1. The van der Waals surface area contributed by atoms with Gasteiger partial charge in [0, 0.05) is 13.1 Å². The minimum Gasteiger partial charge on any atom is -0.497 e. The van der Waals surface area contributed by atoms with Gasteiger partial charge < -0.3 is 9.57 Å². The van der Waals surface area contributed by atoms with E-state index in [1.54, 1.807) is 12.2 Å². The highest BCUT2D eigenvalue weighted by atomic mass is 16.7. The van der Waals surface area contributed by atoms with E-state index < -0.39 is 5.41 Å². The van der Waals surface area contributed by atoms with E-state index in [2.05, 4.69) is 12.1 Å². The van der Waals surface area contributed by atoms with E-state index in [0.29, 0.717) is 5.92 Å². The van der Waals surface area contributed by atoms with Crippen molar-refractivity contribution in [3.05, 3.63) is 29.8 Å². The number of rotatable bonds is 3. The van der Waals surface area contributed by atoms with Crippen LogP contribution in [0.25, 0.3) is 0 Å². The number of carbonyl (C=O) groups excluding carboxylic acids is 1. The van der Waals surface area contributed by atoms with Crippen LogP contribution in [0.3, 0.4) is 0 Å². The molecule has 0 unspecified atom stereocenters. The smallest absolute Gasteiger partial charge is 0.330 e. The second-order valence-corrected chi connectivity index (χ2v) is 6.61. The van der Waals surface area contributed by atoms with Crippen molar-refractivity contribution in [2.45, 2.75) is 39.5 Å². The molecular formula is C17H25NO3. The monoisotopic (exact) mass is 291 g/mol. The van der Waals surface area contributed by atoms with Crippen molar-refractivity contribution in [2.75, 3.05) is 20.2 Å². The predicted octanol–water partition coefficient (Wildman–Crippen LogP) is 3.38. The minimum atomic E-state index is -0.455. The SMILES string of the molecule is COc1cccc(C2CCN(OC(=O)C(C)(C)C)CC2)c1. The van der Waals surface area contributed by atoms with Crippen LogP contribution in [0.1, 0.15) is 45.1 Å². The second-order valence-electron chi connectivity index (χ2n) is 6.61. The first kappa shape index (κ1) is 15.8. The number of ether oxygens (including phenoxy) is 1. The predicted molar refractivity (Wildman–Crippen MR) is 82.1 cm³/mol. The zero-order chi connectivity index (χ0) is 15.5. The largest absolute Gasteiger partial charge is 0.497 e. The standard InChI is InChI=1S/C17H25NO3/c1-17(2,3)16(19)21-18-10-8-13(9-11-18)14-6-5-7-15(12-14)20-4/h5-7,12-13H,8-11H2,1-4H3. The molecule has 1 saturated heterocycles. The Morgan fingerprint density at radius 2 is 1.90 bits per heavy atom. The quantitative estimate of drug-likeness (QED) is 0.856. The van der Waals surface area contributed by atoms with Gasteiger partial charge in [0.1, 0.15) is 5.75 Å². The Labute approximate surface area is 127 Å². The van der Waals surface area contributed by atoms with Crippen LogP contribution in [0.15, 0.2) is 24.3 Å². The summed E-state index contributed by atoms with van der Waals surface area (Å²) in [4.78, 5) is 17.3. The fourth-order valence-electron chi connectivity index (χ4n) is 2.43. The van der Waals surface area contributed by atoms with Gasteiger partial charge in [-0.05, 0) is 57.2 Å². The van der Waals surface area contributed by atoms with Gasteiger partial charge >= 0.3 is 5.97 Å². The molecular weight excluding hydrogens is 266 g/mol. The van der Waals surface area contributed by atoms with E-state index in [1.807, 2.05) is 32.9 Å². The molecule has 0 bridgehead atoms. The van der Waals surface area contributed by atoms with Crippen LogP contribution in [0.2, 0.25) is 0 Å². The Morgan fingerprint density at radius 1 is 1.24 bits per heavy atom. The van der Waals surface area contributed by atoms with Gasteiger partial charge in [-0.25, -0.2) is 4.79 Å². The lowest BCUT2D eigenvalue weighted by molar-refractivity contribution is -0.204. The lowest BCUT2D eigenvalue weighted by Gasteiger charge is -2.32. The normalized spacial score (nSPS) is 17.5. The van der Waals surface area contributed by atoms with Crippen molar-refractivity contribution in [2.24, 2.45) is 5.41 Å². The van der Waals surface area contributed by atoms with Gasteiger partial charge in [-0.1, -0.05) is 12.1 Å². The van der Waals surface area contributed by atoms with E-state index in [-0.39, 0.29) is 5.97 Å². The van der Waals surface area contributed by atoms with Gasteiger partial charge in [0.05, 0.1) is 12.5 Å². The van der Waals surface area contributed by atoms with Crippen molar-refractivity contribution in [3.63, 3.8) is 0 Å². The highest BCUT2D eigenvalue weighted by Crippen LogP contribution is 2.30. The summed E-state index contributed by atoms with van der Waals surface area (Å²) >= 11 is 0. The molecule has 1 fully saturated rings. The Hall–Kier alpha value is -1.55. The zero-order valence-electron chi connectivity index (χ0n) is 13.4. The average Bonchev–Trinajstić information content (AvgIpc) is 2.47. The first-order valence-electron chi connectivity index (χ1n) is 7.51. The summed E-state index contributed by atoms with van der Waals surface area (Å²) in [5.74, 6) is 1.24. The second kappa shape index (κ2) is 6.48. The maximum atomic E-state index is 11.9. The Bertz CT molecular complexity index is 485. The number of hydrogen-bond donors (Lipinski definition) is 0. The molecule has 21 heavy (non-hydrogen) atoms. The van der Waals surface area contributed by atoms with Crippen LogP contribution in [-0.4, -0.2) is 31.2 Å².